The van der Waals surface area contributed by atoms with Crippen molar-refractivity contribution in [3.05, 3.63) is 126 Å². The summed E-state index contributed by atoms with van der Waals surface area (Å²) >= 11 is 6.47. The number of aryl methyl sites for hydroxylation is 1. The van der Waals surface area contributed by atoms with Crippen LogP contribution >= 0.6 is 11.6 Å². The molecule has 6 rings (SSSR count). The van der Waals surface area contributed by atoms with Gasteiger partial charge in [-0.3, -0.25) is 4.57 Å². The van der Waals surface area contributed by atoms with Gasteiger partial charge in [0.1, 0.15) is 12.1 Å². The van der Waals surface area contributed by atoms with Gasteiger partial charge in [0.05, 0.1) is 11.1 Å². The highest BCUT2D eigenvalue weighted by atomic mass is 35.5. The fraction of sp³-hybridized carbons (Fsp3) is 0.0323. The predicted octanol–water partition coefficient (Wildman–Crippen LogP) is 8.46. The Balaban J connectivity index is 1.76. The number of fused-ring (bicyclic) bond motifs is 1. The van der Waals surface area contributed by atoms with E-state index < -0.39 is 0 Å². The molecule has 2 aromatic heterocycles. The summed E-state index contributed by atoms with van der Waals surface area (Å²) in [5.41, 5.74) is 8.16. The number of aromatic nitrogens is 3. The molecule has 174 valence electrons. The van der Waals surface area contributed by atoms with Gasteiger partial charge in [0.25, 0.3) is 0 Å². The van der Waals surface area contributed by atoms with Crippen LogP contribution in [0.4, 0.5) is 11.5 Å². The average Bonchev–Trinajstić information content (AvgIpc) is 3.27. The predicted molar refractivity (Wildman–Crippen MR) is 149 cm³/mol. The Morgan fingerprint density at radius 3 is 2.14 bits per heavy atom. The van der Waals surface area contributed by atoms with Crippen molar-refractivity contribution < 1.29 is 0 Å². The molecule has 0 unspecified atom stereocenters. The summed E-state index contributed by atoms with van der Waals surface area (Å²) in [6, 6.07) is 36.9. The third kappa shape index (κ3) is 3.92. The van der Waals surface area contributed by atoms with Crippen molar-refractivity contribution in [2.24, 2.45) is 0 Å². The molecular formula is C31H23ClN4. The molecule has 0 atom stereocenters. The van der Waals surface area contributed by atoms with E-state index in [1.165, 1.54) is 0 Å². The first-order chi connectivity index (χ1) is 17.7. The van der Waals surface area contributed by atoms with Gasteiger partial charge in [0.2, 0.25) is 0 Å². The van der Waals surface area contributed by atoms with Gasteiger partial charge in [-0.05, 0) is 47.9 Å². The zero-order valence-electron chi connectivity index (χ0n) is 19.7. The number of nitrogens with one attached hydrogen (secondary N) is 1. The molecule has 4 nitrogen and oxygen atoms in total. The molecule has 2 heterocycles. The normalized spacial score (nSPS) is 11.1. The number of rotatable bonds is 5. The maximum Gasteiger partial charge on any atom is 0.151 e. The summed E-state index contributed by atoms with van der Waals surface area (Å²) in [6.07, 6.45) is 1.62. The third-order valence-electron chi connectivity index (χ3n) is 6.32. The van der Waals surface area contributed by atoms with Crippen LogP contribution in [0.3, 0.4) is 0 Å². The fourth-order valence-corrected chi connectivity index (χ4v) is 4.85. The van der Waals surface area contributed by atoms with Gasteiger partial charge in [-0.15, -0.1) is 0 Å². The minimum Gasteiger partial charge on any atom is -0.339 e. The highest BCUT2D eigenvalue weighted by molar-refractivity contribution is 6.30. The molecule has 0 saturated carbocycles. The Morgan fingerprint density at radius 2 is 1.42 bits per heavy atom. The molecule has 0 aliphatic rings. The summed E-state index contributed by atoms with van der Waals surface area (Å²) in [7, 11) is 0. The third-order valence-corrected chi connectivity index (χ3v) is 6.56. The molecule has 6 aromatic rings. The van der Waals surface area contributed by atoms with Crippen LogP contribution in [-0.2, 0) is 0 Å². The van der Waals surface area contributed by atoms with Crippen LogP contribution in [0.5, 0.6) is 0 Å². The van der Waals surface area contributed by atoms with Gasteiger partial charge in [-0.25, -0.2) is 9.97 Å². The van der Waals surface area contributed by atoms with Crippen LogP contribution in [0, 0.1) is 6.92 Å². The van der Waals surface area contributed by atoms with Crippen molar-refractivity contribution in [3.8, 4) is 28.1 Å². The fourth-order valence-electron chi connectivity index (χ4n) is 4.67. The highest BCUT2D eigenvalue weighted by Crippen LogP contribution is 2.44. The number of para-hydroxylation sites is 1. The summed E-state index contributed by atoms with van der Waals surface area (Å²) in [5, 5.41) is 5.21. The van der Waals surface area contributed by atoms with E-state index in [1.807, 2.05) is 42.5 Å². The van der Waals surface area contributed by atoms with Gasteiger partial charge in [-0.2, -0.15) is 0 Å². The Kier molecular flexibility index (Phi) is 5.72. The van der Waals surface area contributed by atoms with E-state index in [1.54, 1.807) is 6.33 Å². The molecule has 0 amide bonds. The smallest absolute Gasteiger partial charge is 0.151 e. The molecule has 0 spiro atoms. The molecule has 1 N–H and O–H groups in total. The first kappa shape index (κ1) is 22.1. The van der Waals surface area contributed by atoms with Gasteiger partial charge in [-0.1, -0.05) is 96.5 Å². The second kappa shape index (κ2) is 9.33. The lowest BCUT2D eigenvalue weighted by Gasteiger charge is -2.13. The Morgan fingerprint density at radius 1 is 0.722 bits per heavy atom. The van der Waals surface area contributed by atoms with Crippen LogP contribution in [0.2, 0.25) is 5.02 Å². The lowest BCUT2D eigenvalue weighted by molar-refractivity contribution is 1.08. The zero-order chi connectivity index (χ0) is 24.5. The van der Waals surface area contributed by atoms with Crippen LogP contribution < -0.4 is 5.32 Å². The second-order valence-electron chi connectivity index (χ2n) is 8.63. The van der Waals surface area contributed by atoms with Crippen molar-refractivity contribution in [2.75, 3.05) is 5.32 Å². The minimum absolute atomic E-state index is 0.668. The molecule has 4 aromatic carbocycles. The maximum atomic E-state index is 6.47. The van der Waals surface area contributed by atoms with Gasteiger partial charge in [0.15, 0.2) is 5.65 Å². The van der Waals surface area contributed by atoms with E-state index >= 15 is 0 Å². The van der Waals surface area contributed by atoms with Crippen molar-refractivity contribution in [1.82, 2.24) is 14.5 Å². The molecular weight excluding hydrogens is 464 g/mol. The Bertz CT molecular complexity index is 1670. The molecule has 0 radical (unpaired) electrons. The van der Waals surface area contributed by atoms with E-state index in [4.69, 9.17) is 21.6 Å². The van der Waals surface area contributed by atoms with Crippen LogP contribution in [0.25, 0.3) is 39.1 Å². The Labute approximate surface area is 214 Å². The van der Waals surface area contributed by atoms with E-state index in [0.717, 1.165) is 56.2 Å². The van der Waals surface area contributed by atoms with Crippen molar-refractivity contribution in [3.63, 3.8) is 0 Å². The van der Waals surface area contributed by atoms with Crippen LogP contribution in [0.15, 0.2) is 116 Å². The SMILES string of the molecule is Cc1ccccc1Nc1ncnc2c1c(-c1ccccc1)c(-c1ccccc1)n2-c1cccc(Cl)c1. The lowest BCUT2D eigenvalue weighted by atomic mass is 9.98. The largest absolute Gasteiger partial charge is 0.339 e. The molecule has 0 fully saturated rings. The minimum atomic E-state index is 0.668. The summed E-state index contributed by atoms with van der Waals surface area (Å²) in [4.78, 5) is 9.54. The quantitative estimate of drug-likeness (QED) is 0.266. The van der Waals surface area contributed by atoms with E-state index in [2.05, 4.69) is 83.5 Å². The summed E-state index contributed by atoms with van der Waals surface area (Å²) < 4.78 is 2.18. The Hall–Kier alpha value is -4.41. The monoisotopic (exact) mass is 486 g/mol. The summed E-state index contributed by atoms with van der Waals surface area (Å²) in [5.74, 6) is 0.756. The molecule has 0 bridgehead atoms. The number of anilines is 2. The zero-order valence-corrected chi connectivity index (χ0v) is 20.4. The second-order valence-corrected chi connectivity index (χ2v) is 9.07. The highest BCUT2D eigenvalue weighted by Gasteiger charge is 2.25. The first-order valence-electron chi connectivity index (χ1n) is 11.8. The van der Waals surface area contributed by atoms with Crippen LogP contribution in [-0.4, -0.2) is 14.5 Å². The lowest BCUT2D eigenvalue weighted by Crippen LogP contribution is -2.00. The standard InChI is InChI=1S/C31H23ClN4/c1-21-11-8-9-18-26(21)35-30-28-27(22-12-4-2-5-13-22)29(23-14-6-3-7-15-23)36(31(28)34-20-33-30)25-17-10-16-24(32)19-25/h2-20H,1H3,(H,33,34,35). The van der Waals surface area contributed by atoms with E-state index in [-0.39, 0.29) is 0 Å². The number of halogens is 1. The summed E-state index contributed by atoms with van der Waals surface area (Å²) in [6.45, 7) is 2.09. The van der Waals surface area contributed by atoms with Crippen molar-refractivity contribution in [2.45, 2.75) is 6.92 Å². The number of nitrogens with zero attached hydrogens (tertiary/aromatic N) is 3. The number of benzene rings is 4. The number of hydrogen-bond acceptors (Lipinski definition) is 3. The topological polar surface area (TPSA) is 42.7 Å². The molecule has 36 heavy (non-hydrogen) atoms. The number of hydrogen-bond donors (Lipinski definition) is 1. The van der Waals surface area contributed by atoms with Crippen molar-refractivity contribution in [1.29, 1.82) is 0 Å². The maximum absolute atomic E-state index is 6.47. The molecule has 0 aliphatic carbocycles. The molecule has 5 heteroatoms. The van der Waals surface area contributed by atoms with E-state index in [0.29, 0.717) is 5.02 Å². The van der Waals surface area contributed by atoms with Crippen LogP contribution in [0.1, 0.15) is 5.56 Å². The van der Waals surface area contributed by atoms with Gasteiger partial charge < -0.3 is 5.32 Å². The van der Waals surface area contributed by atoms with Crippen molar-refractivity contribution >= 4 is 34.1 Å². The van der Waals surface area contributed by atoms with Gasteiger partial charge in [0, 0.05) is 22.0 Å². The average molecular weight is 487 g/mol. The van der Waals surface area contributed by atoms with E-state index in [9.17, 15) is 0 Å². The van der Waals surface area contributed by atoms with Gasteiger partial charge >= 0.3 is 0 Å². The molecule has 0 aliphatic heterocycles. The first-order valence-corrected chi connectivity index (χ1v) is 12.2. The molecule has 0 saturated heterocycles.